The monoisotopic (exact) mass is 481 g/mol. The average Bonchev–Trinajstić information content (AvgIpc) is 3.08. The zero-order valence-electron chi connectivity index (χ0n) is 19.2. The van der Waals surface area contributed by atoms with E-state index in [-0.39, 0.29) is 0 Å². The molecule has 2 fully saturated rings. The third-order valence-corrected chi connectivity index (χ3v) is 7.35. The molecule has 2 aliphatic rings. The molecule has 35 heavy (non-hydrogen) atoms. The van der Waals surface area contributed by atoms with Gasteiger partial charge in [0.2, 0.25) is 5.91 Å². The number of pyridine rings is 1. The summed E-state index contributed by atoms with van der Waals surface area (Å²) in [6, 6.07) is 12.7. The maximum absolute atomic E-state index is 15.1. The van der Waals surface area contributed by atoms with E-state index in [0.717, 1.165) is 11.1 Å². The molecule has 6 atom stereocenters. The maximum atomic E-state index is 15.1. The number of nitriles is 1. The van der Waals surface area contributed by atoms with Crippen molar-refractivity contribution in [1.29, 1.82) is 5.26 Å². The van der Waals surface area contributed by atoms with Crippen LogP contribution in [0.2, 0.25) is 0 Å². The molecular weight excluding hydrogens is 456 g/mol. The maximum Gasteiger partial charge on any atom is 0.316 e. The predicted octanol–water partition coefficient (Wildman–Crippen LogP) is 3.32. The Balaban J connectivity index is 1.69. The molecule has 1 aliphatic heterocycles. The molecule has 1 aliphatic carbocycles. The number of esters is 1. The lowest BCUT2D eigenvalue weighted by Gasteiger charge is -2.48. The van der Waals surface area contributed by atoms with Gasteiger partial charge < -0.3 is 15.6 Å². The molecule has 9 heteroatoms. The minimum atomic E-state index is -3.36. The highest BCUT2D eigenvalue weighted by Crippen LogP contribution is 2.60. The molecule has 1 amide bonds. The Morgan fingerprint density at radius 1 is 1.31 bits per heavy atom. The molecule has 1 aromatic carbocycles. The Morgan fingerprint density at radius 2 is 2.03 bits per heavy atom. The Morgan fingerprint density at radius 3 is 2.66 bits per heavy atom. The fourth-order valence-corrected chi connectivity index (χ4v) is 5.53. The molecule has 0 bridgehead atoms. The summed E-state index contributed by atoms with van der Waals surface area (Å²) >= 11 is 0. The van der Waals surface area contributed by atoms with Crippen molar-refractivity contribution >= 4 is 18.0 Å². The van der Waals surface area contributed by atoms with Crippen LogP contribution in [0.1, 0.15) is 31.5 Å². The molecule has 1 saturated carbocycles. The number of rotatable bonds is 5. The van der Waals surface area contributed by atoms with E-state index in [0.29, 0.717) is 11.3 Å². The lowest BCUT2D eigenvalue weighted by atomic mass is 9.54. The van der Waals surface area contributed by atoms with Gasteiger partial charge >= 0.3 is 5.97 Å². The topological polar surface area (TPSA) is 126 Å². The highest BCUT2D eigenvalue weighted by atomic mass is 19.3. The van der Waals surface area contributed by atoms with Gasteiger partial charge in [-0.3, -0.25) is 14.6 Å². The summed E-state index contributed by atoms with van der Waals surface area (Å²) in [5, 5.41) is 19.9. The number of ether oxygens (including phenoxy) is 1. The van der Waals surface area contributed by atoms with Gasteiger partial charge in [0.15, 0.2) is 0 Å². The fourth-order valence-electron chi connectivity index (χ4n) is 5.53. The van der Waals surface area contributed by atoms with Crippen LogP contribution in [0.4, 0.5) is 8.78 Å². The van der Waals surface area contributed by atoms with Crippen LogP contribution < -0.4 is 5.73 Å². The van der Waals surface area contributed by atoms with Crippen molar-refractivity contribution in [2.75, 3.05) is 0 Å². The van der Waals surface area contributed by atoms with Gasteiger partial charge in [-0.1, -0.05) is 37.3 Å². The Bertz CT molecular complexity index is 1220. The Kier molecular flexibility index (Phi) is 6.20. The number of aliphatic hydroxyl groups excluding tert-OH is 1. The first-order chi connectivity index (χ1) is 16.5. The molecule has 0 radical (unpaired) electrons. The van der Waals surface area contributed by atoms with E-state index < -0.39 is 59.6 Å². The number of aliphatic hydroxyl groups is 1. The zero-order valence-corrected chi connectivity index (χ0v) is 19.2. The van der Waals surface area contributed by atoms with E-state index in [1.54, 1.807) is 49.5 Å². The van der Waals surface area contributed by atoms with E-state index in [1.807, 2.05) is 6.07 Å². The third-order valence-electron chi connectivity index (χ3n) is 7.35. The SMILES string of the molecule is C[C@H]1OC(=O)[C@]2([C@@H](O)C(N)=O)CC(F)(F)[C@@H](C)[C@H](C=Cc3ccc(-c4ccccc4C#N)cn3)[C@H]12. The molecule has 0 unspecified atom stereocenters. The van der Waals surface area contributed by atoms with Crippen molar-refractivity contribution in [1.82, 2.24) is 4.98 Å². The summed E-state index contributed by atoms with van der Waals surface area (Å²) in [7, 11) is 0. The molecule has 7 nitrogen and oxygen atoms in total. The van der Waals surface area contributed by atoms with Crippen molar-refractivity contribution in [3.8, 4) is 17.2 Å². The van der Waals surface area contributed by atoms with Gasteiger partial charge in [0.05, 0.1) is 17.3 Å². The van der Waals surface area contributed by atoms with Gasteiger partial charge in [-0.25, -0.2) is 8.78 Å². The molecular formula is C26H25F2N3O4. The first-order valence-corrected chi connectivity index (χ1v) is 11.2. The molecule has 2 heterocycles. The number of alkyl halides is 2. The second-order valence-corrected chi connectivity index (χ2v) is 9.27. The summed E-state index contributed by atoms with van der Waals surface area (Å²) in [6.45, 7) is 2.94. The smallest absolute Gasteiger partial charge is 0.316 e. The van der Waals surface area contributed by atoms with E-state index >= 15 is 8.78 Å². The number of carbonyl (C=O) groups excluding carboxylic acids is 2. The second kappa shape index (κ2) is 8.86. The van der Waals surface area contributed by atoms with Gasteiger partial charge in [0.25, 0.3) is 5.92 Å². The number of benzene rings is 1. The van der Waals surface area contributed by atoms with Crippen LogP contribution in [0.25, 0.3) is 17.2 Å². The number of aromatic nitrogens is 1. The van der Waals surface area contributed by atoms with E-state index in [9.17, 15) is 20.0 Å². The van der Waals surface area contributed by atoms with Crippen LogP contribution in [0.15, 0.2) is 48.7 Å². The molecule has 4 rings (SSSR count). The van der Waals surface area contributed by atoms with E-state index in [4.69, 9.17) is 10.5 Å². The van der Waals surface area contributed by atoms with E-state index in [2.05, 4.69) is 11.1 Å². The highest BCUT2D eigenvalue weighted by Gasteiger charge is 2.71. The van der Waals surface area contributed by atoms with Gasteiger partial charge in [-0.15, -0.1) is 0 Å². The van der Waals surface area contributed by atoms with Crippen molar-refractivity contribution < 1.29 is 28.2 Å². The van der Waals surface area contributed by atoms with Crippen LogP contribution >= 0.6 is 0 Å². The van der Waals surface area contributed by atoms with Crippen molar-refractivity contribution in [3.05, 3.63) is 59.9 Å². The number of amides is 1. The summed E-state index contributed by atoms with van der Waals surface area (Å²) < 4.78 is 35.6. The third kappa shape index (κ3) is 3.98. The largest absolute Gasteiger partial charge is 0.462 e. The number of cyclic esters (lactones) is 1. The summed E-state index contributed by atoms with van der Waals surface area (Å²) in [4.78, 5) is 28.9. The fraction of sp³-hybridized carbons (Fsp3) is 0.385. The Labute approximate surface area is 201 Å². The normalized spacial score (nSPS) is 30.3. The predicted molar refractivity (Wildman–Crippen MR) is 122 cm³/mol. The minimum Gasteiger partial charge on any atom is -0.462 e. The standard InChI is InChI=1S/C26H25F2N3O4/c1-14-19(10-9-18-8-7-17(12-31-18)20-6-4-3-5-16(20)11-29)21-15(2)35-24(34)25(21,13-26(14,27)28)22(32)23(30)33/h3-10,12,14-15,19,21-22,32H,13H2,1-2H3,(H2,30,33)/t14-,15+,19-,21-,22-,25+/m0/s1. The number of allylic oxidation sites excluding steroid dienone is 1. The number of hydrogen-bond donors (Lipinski definition) is 2. The Hall–Kier alpha value is -3.64. The van der Waals surface area contributed by atoms with Crippen LogP contribution in [-0.4, -0.2) is 40.1 Å². The zero-order chi connectivity index (χ0) is 25.5. The van der Waals surface area contributed by atoms with Crippen LogP contribution in [0.3, 0.4) is 0 Å². The highest BCUT2D eigenvalue weighted by molar-refractivity contribution is 5.90. The number of halogens is 2. The molecule has 0 spiro atoms. The number of nitrogens with zero attached hydrogens (tertiary/aromatic N) is 2. The van der Waals surface area contributed by atoms with Crippen molar-refractivity contribution in [3.63, 3.8) is 0 Å². The summed E-state index contributed by atoms with van der Waals surface area (Å²) in [5.74, 6) is -8.63. The molecule has 3 N–H and O–H groups in total. The molecule has 1 saturated heterocycles. The van der Waals surface area contributed by atoms with Crippen molar-refractivity contribution in [2.24, 2.45) is 28.9 Å². The first kappa shape index (κ1) is 24.5. The lowest BCUT2D eigenvalue weighted by molar-refractivity contribution is -0.192. The van der Waals surface area contributed by atoms with E-state index in [1.165, 1.54) is 13.0 Å². The molecule has 1 aromatic heterocycles. The number of hydrogen-bond acceptors (Lipinski definition) is 6. The van der Waals surface area contributed by atoms with Gasteiger partial charge in [0.1, 0.15) is 17.6 Å². The first-order valence-electron chi connectivity index (χ1n) is 11.2. The summed E-state index contributed by atoms with van der Waals surface area (Å²) in [6.07, 6.45) is 0.767. The van der Waals surface area contributed by atoms with Gasteiger partial charge in [-0.2, -0.15) is 5.26 Å². The summed E-state index contributed by atoms with van der Waals surface area (Å²) in [5.41, 5.74) is 5.54. The minimum absolute atomic E-state index is 0.475. The molecule has 182 valence electrons. The number of fused-ring (bicyclic) bond motifs is 1. The second-order valence-electron chi connectivity index (χ2n) is 9.27. The van der Waals surface area contributed by atoms with Crippen LogP contribution in [0, 0.1) is 34.5 Å². The number of carbonyl (C=O) groups is 2. The number of nitrogens with two attached hydrogens (primary N) is 1. The lowest BCUT2D eigenvalue weighted by Crippen LogP contribution is -2.61. The quantitative estimate of drug-likeness (QED) is 0.631. The molecule has 2 aromatic rings. The van der Waals surface area contributed by atoms with Crippen LogP contribution in [0.5, 0.6) is 0 Å². The van der Waals surface area contributed by atoms with Crippen LogP contribution in [-0.2, 0) is 14.3 Å². The average molecular weight is 481 g/mol. The number of primary amides is 1. The van der Waals surface area contributed by atoms with Gasteiger partial charge in [0, 0.05) is 35.6 Å². The van der Waals surface area contributed by atoms with Gasteiger partial charge in [-0.05, 0) is 31.1 Å². The van der Waals surface area contributed by atoms with Crippen molar-refractivity contribution in [2.45, 2.75) is 38.4 Å².